The number of nitrogens with zero attached hydrogens (tertiary/aromatic N) is 2. The Balaban J connectivity index is 1.89. The maximum atomic E-state index is 12.7. The molecule has 1 aromatic carbocycles. The molecular formula is C15H9F3N2O. The minimum atomic E-state index is -4.37. The maximum absolute atomic E-state index is 12.7. The lowest BCUT2D eigenvalue weighted by Gasteiger charge is -2.09. The molecule has 0 saturated carbocycles. The van der Waals surface area contributed by atoms with Crippen molar-refractivity contribution < 1.29 is 17.9 Å². The van der Waals surface area contributed by atoms with Gasteiger partial charge in [0.25, 0.3) is 0 Å². The predicted molar refractivity (Wildman–Crippen MR) is 67.5 cm³/mol. The van der Waals surface area contributed by atoms with Gasteiger partial charge in [-0.05, 0) is 35.9 Å². The summed E-state index contributed by atoms with van der Waals surface area (Å²) in [7, 11) is 0. The van der Waals surface area contributed by atoms with Crippen molar-refractivity contribution in [1.29, 1.82) is 5.26 Å². The zero-order valence-corrected chi connectivity index (χ0v) is 10.7. The lowest BCUT2D eigenvalue weighted by molar-refractivity contribution is -0.137. The zero-order chi connectivity index (χ0) is 15.0. The van der Waals surface area contributed by atoms with E-state index in [1.54, 1.807) is 18.2 Å². The second-order valence-corrected chi connectivity index (χ2v) is 4.69. The fraction of sp³-hybridized carbons (Fsp3) is 0.200. The number of nitriles is 1. The van der Waals surface area contributed by atoms with Gasteiger partial charge in [-0.1, -0.05) is 6.07 Å². The third-order valence-electron chi connectivity index (χ3n) is 3.28. The third kappa shape index (κ3) is 2.55. The summed E-state index contributed by atoms with van der Waals surface area (Å²) >= 11 is 0. The summed E-state index contributed by atoms with van der Waals surface area (Å²) in [6, 6.07) is 10.3. The minimum Gasteiger partial charge on any atom is -0.483 e. The minimum absolute atomic E-state index is 0.253. The molecule has 1 unspecified atom stereocenters. The quantitative estimate of drug-likeness (QED) is 0.805. The van der Waals surface area contributed by atoms with Crippen molar-refractivity contribution in [2.24, 2.45) is 0 Å². The van der Waals surface area contributed by atoms with E-state index in [1.807, 2.05) is 6.07 Å². The van der Waals surface area contributed by atoms with Gasteiger partial charge in [-0.3, -0.25) is 0 Å². The van der Waals surface area contributed by atoms with Gasteiger partial charge in [-0.15, -0.1) is 0 Å². The number of fused-ring (bicyclic) bond motifs is 1. The highest BCUT2D eigenvalue weighted by Gasteiger charge is 2.33. The lowest BCUT2D eigenvalue weighted by Crippen LogP contribution is -2.06. The van der Waals surface area contributed by atoms with Gasteiger partial charge in [-0.25, -0.2) is 4.98 Å². The summed E-state index contributed by atoms with van der Waals surface area (Å²) in [5, 5.41) is 8.83. The second kappa shape index (κ2) is 4.77. The molecule has 3 rings (SSSR count). The Morgan fingerprint density at radius 2 is 2.05 bits per heavy atom. The first-order chi connectivity index (χ1) is 9.97. The normalized spacial score (nSPS) is 17.0. The molecule has 1 atom stereocenters. The van der Waals surface area contributed by atoms with Gasteiger partial charge < -0.3 is 4.74 Å². The Morgan fingerprint density at radius 3 is 2.76 bits per heavy atom. The van der Waals surface area contributed by atoms with Crippen LogP contribution in [-0.4, -0.2) is 4.98 Å². The molecule has 3 nitrogen and oxygen atoms in total. The number of aromatic nitrogens is 1. The Kier molecular flexibility index (Phi) is 3.05. The first-order valence-corrected chi connectivity index (χ1v) is 6.21. The number of hydrogen-bond donors (Lipinski definition) is 0. The summed E-state index contributed by atoms with van der Waals surface area (Å²) in [5.74, 6) is 0.428. The Bertz CT molecular complexity index is 734. The van der Waals surface area contributed by atoms with Crippen molar-refractivity contribution in [3.63, 3.8) is 0 Å². The van der Waals surface area contributed by atoms with Crippen LogP contribution in [0.3, 0.4) is 0 Å². The molecule has 0 saturated heterocycles. The molecule has 0 spiro atoms. The average molecular weight is 290 g/mol. The molecular weight excluding hydrogens is 281 g/mol. The van der Waals surface area contributed by atoms with Crippen molar-refractivity contribution in [1.82, 2.24) is 4.98 Å². The fourth-order valence-corrected chi connectivity index (χ4v) is 2.28. The number of alkyl halides is 3. The molecule has 106 valence electrons. The number of benzene rings is 1. The van der Waals surface area contributed by atoms with Crippen molar-refractivity contribution in [2.45, 2.75) is 18.7 Å². The van der Waals surface area contributed by atoms with Gasteiger partial charge >= 0.3 is 6.18 Å². The Labute approximate surface area is 118 Å². The molecule has 0 aliphatic carbocycles. The van der Waals surface area contributed by atoms with E-state index in [0.29, 0.717) is 23.4 Å². The van der Waals surface area contributed by atoms with Crippen molar-refractivity contribution >= 4 is 0 Å². The van der Waals surface area contributed by atoms with Gasteiger partial charge in [0.2, 0.25) is 0 Å². The van der Waals surface area contributed by atoms with Crippen LogP contribution in [0.1, 0.15) is 28.6 Å². The van der Waals surface area contributed by atoms with Crippen LogP contribution in [0.5, 0.6) is 5.75 Å². The van der Waals surface area contributed by atoms with Crippen LogP contribution in [0.15, 0.2) is 36.4 Å². The molecule has 1 aromatic heterocycles. The molecule has 21 heavy (non-hydrogen) atoms. The van der Waals surface area contributed by atoms with E-state index < -0.39 is 17.8 Å². The van der Waals surface area contributed by atoms with Gasteiger partial charge in [0.15, 0.2) is 0 Å². The highest BCUT2D eigenvalue weighted by Crippen LogP contribution is 2.39. The monoisotopic (exact) mass is 290 g/mol. The van der Waals surface area contributed by atoms with Crippen molar-refractivity contribution in [3.8, 4) is 11.8 Å². The second-order valence-electron chi connectivity index (χ2n) is 4.69. The van der Waals surface area contributed by atoms with E-state index in [2.05, 4.69) is 4.98 Å². The molecule has 1 aliphatic heterocycles. The number of hydrogen-bond acceptors (Lipinski definition) is 3. The van der Waals surface area contributed by atoms with E-state index in [0.717, 1.165) is 12.1 Å². The van der Waals surface area contributed by atoms with E-state index in [-0.39, 0.29) is 5.69 Å². The van der Waals surface area contributed by atoms with E-state index in [4.69, 9.17) is 10.00 Å². The Hall–Kier alpha value is -2.55. The van der Waals surface area contributed by atoms with Crippen molar-refractivity contribution in [2.75, 3.05) is 0 Å². The third-order valence-corrected chi connectivity index (χ3v) is 3.28. The summed E-state index contributed by atoms with van der Waals surface area (Å²) in [6.45, 7) is 0. The van der Waals surface area contributed by atoms with Crippen LogP contribution in [-0.2, 0) is 12.6 Å². The summed E-state index contributed by atoms with van der Waals surface area (Å²) in [4.78, 5) is 4.12. The van der Waals surface area contributed by atoms with E-state index in [9.17, 15) is 13.2 Å². The average Bonchev–Trinajstić information content (AvgIpc) is 2.89. The molecule has 0 amide bonds. The van der Waals surface area contributed by atoms with Crippen LogP contribution in [0.4, 0.5) is 13.2 Å². The van der Waals surface area contributed by atoms with Crippen LogP contribution < -0.4 is 4.74 Å². The summed E-state index contributed by atoms with van der Waals surface area (Å²) in [6.07, 6.45) is -4.52. The molecule has 0 N–H and O–H groups in total. The standard InChI is InChI=1S/C15H9F3N2O/c16-15(17,18)10-4-5-13-9(6-10)7-14(21-13)12-3-1-2-11(8-19)20-12/h1-6,14H,7H2. The molecule has 0 radical (unpaired) electrons. The van der Waals surface area contributed by atoms with Crippen LogP contribution >= 0.6 is 0 Å². The topological polar surface area (TPSA) is 45.9 Å². The predicted octanol–water partition coefficient (Wildman–Crippen LogP) is 3.65. The number of pyridine rings is 1. The fourth-order valence-electron chi connectivity index (χ4n) is 2.28. The first kappa shape index (κ1) is 13.4. The SMILES string of the molecule is N#Cc1cccc(C2Cc3cc(C(F)(F)F)ccc3O2)n1. The largest absolute Gasteiger partial charge is 0.483 e. The lowest BCUT2D eigenvalue weighted by atomic mass is 10.0. The molecule has 1 aliphatic rings. The van der Waals surface area contributed by atoms with Crippen LogP contribution in [0, 0.1) is 11.3 Å². The highest BCUT2D eigenvalue weighted by atomic mass is 19.4. The Morgan fingerprint density at radius 1 is 1.24 bits per heavy atom. The molecule has 2 heterocycles. The molecule has 0 bridgehead atoms. The van der Waals surface area contributed by atoms with Crippen LogP contribution in [0.25, 0.3) is 0 Å². The van der Waals surface area contributed by atoms with E-state index >= 15 is 0 Å². The number of ether oxygens (including phenoxy) is 1. The summed E-state index contributed by atoms with van der Waals surface area (Å²) < 4.78 is 43.7. The molecule has 0 fully saturated rings. The van der Waals surface area contributed by atoms with Gasteiger partial charge in [0.05, 0.1) is 11.3 Å². The smallest absolute Gasteiger partial charge is 0.416 e. The van der Waals surface area contributed by atoms with Gasteiger partial charge in [0.1, 0.15) is 23.6 Å². The first-order valence-electron chi connectivity index (χ1n) is 6.21. The summed E-state index contributed by atoms with van der Waals surface area (Å²) in [5.41, 5.74) is 0.602. The van der Waals surface area contributed by atoms with Crippen LogP contribution in [0.2, 0.25) is 0 Å². The molecule has 6 heteroatoms. The highest BCUT2D eigenvalue weighted by molar-refractivity contribution is 5.42. The maximum Gasteiger partial charge on any atom is 0.416 e. The molecule has 2 aromatic rings. The van der Waals surface area contributed by atoms with Gasteiger partial charge in [-0.2, -0.15) is 18.4 Å². The van der Waals surface area contributed by atoms with E-state index in [1.165, 1.54) is 6.07 Å². The number of rotatable bonds is 1. The zero-order valence-electron chi connectivity index (χ0n) is 10.7. The van der Waals surface area contributed by atoms with Gasteiger partial charge in [0, 0.05) is 6.42 Å². The van der Waals surface area contributed by atoms with Crippen molar-refractivity contribution in [3.05, 3.63) is 58.9 Å². The number of halogens is 3.